The number of anilines is 1. The number of amides is 1. The van der Waals surface area contributed by atoms with Gasteiger partial charge in [0, 0.05) is 26.4 Å². The van der Waals surface area contributed by atoms with E-state index in [1.54, 1.807) is 24.8 Å². The maximum absolute atomic E-state index is 13.0. The van der Waals surface area contributed by atoms with Crippen molar-refractivity contribution in [1.82, 2.24) is 5.32 Å². The molecule has 0 saturated carbocycles. The van der Waals surface area contributed by atoms with Gasteiger partial charge in [-0.15, -0.1) is 23.1 Å². The Bertz CT molecular complexity index is 963. The van der Waals surface area contributed by atoms with Crippen LogP contribution in [-0.4, -0.2) is 29.8 Å². The van der Waals surface area contributed by atoms with Crippen LogP contribution in [0.1, 0.15) is 72.7 Å². The van der Waals surface area contributed by atoms with Crippen molar-refractivity contribution in [3.8, 4) is 0 Å². The molecule has 0 atom stereocenters. The minimum Gasteiger partial charge on any atom is -0.462 e. The average Bonchev–Trinajstić information content (AvgIpc) is 2.99. The summed E-state index contributed by atoms with van der Waals surface area (Å²) in [5, 5.41) is 7.21. The van der Waals surface area contributed by atoms with Crippen molar-refractivity contribution in [2.24, 2.45) is 0 Å². The molecule has 2 aromatic rings. The van der Waals surface area contributed by atoms with Crippen LogP contribution in [0.2, 0.25) is 0 Å². The van der Waals surface area contributed by atoms with Crippen LogP contribution in [0.3, 0.4) is 0 Å². The largest absolute Gasteiger partial charge is 0.462 e. The Morgan fingerprint density at radius 1 is 1.23 bits per heavy atom. The van der Waals surface area contributed by atoms with Gasteiger partial charge in [0.2, 0.25) is 0 Å². The molecule has 7 heteroatoms. The molecule has 0 radical (unpaired) electrons. The lowest BCUT2D eigenvalue weighted by molar-refractivity contribution is 0.0526. The molecule has 0 spiro atoms. The Kier molecular flexibility index (Phi) is 6.65. The van der Waals surface area contributed by atoms with Gasteiger partial charge in [0.25, 0.3) is 5.91 Å². The number of hydrogen-bond donors (Lipinski definition) is 2. The summed E-state index contributed by atoms with van der Waals surface area (Å²) >= 11 is 3.15. The molecule has 162 valence electrons. The average molecular weight is 447 g/mol. The zero-order chi connectivity index (χ0) is 22.1. The van der Waals surface area contributed by atoms with Gasteiger partial charge in [-0.05, 0) is 70.6 Å². The number of esters is 1. The predicted octanol–water partition coefficient (Wildman–Crippen LogP) is 5.45. The lowest BCUT2D eigenvalue weighted by Gasteiger charge is -2.42. The number of ether oxygens (including phenoxy) is 1. The number of thiophene rings is 1. The highest BCUT2D eigenvalue weighted by Crippen LogP contribution is 2.45. The Labute approximate surface area is 187 Å². The topological polar surface area (TPSA) is 67.4 Å². The molecule has 1 amide bonds. The first-order valence-corrected chi connectivity index (χ1v) is 12.0. The van der Waals surface area contributed by atoms with E-state index in [4.69, 9.17) is 4.74 Å². The van der Waals surface area contributed by atoms with Crippen LogP contribution in [0.5, 0.6) is 0 Å². The maximum Gasteiger partial charge on any atom is 0.341 e. The zero-order valence-electron chi connectivity index (χ0n) is 18.5. The first-order valence-electron chi connectivity index (χ1n) is 10.2. The molecule has 3 rings (SSSR count). The third kappa shape index (κ3) is 4.74. The molecule has 0 unspecified atom stereocenters. The normalized spacial score (nSPS) is 16.6. The van der Waals surface area contributed by atoms with Crippen LogP contribution in [0, 0.1) is 0 Å². The zero-order valence-corrected chi connectivity index (χ0v) is 20.1. The minimum atomic E-state index is -0.380. The van der Waals surface area contributed by atoms with Crippen molar-refractivity contribution in [2.75, 3.05) is 17.7 Å². The third-order valence-electron chi connectivity index (χ3n) is 4.96. The summed E-state index contributed by atoms with van der Waals surface area (Å²) in [7, 11) is 0. The first-order chi connectivity index (χ1) is 14.1. The monoisotopic (exact) mass is 446 g/mol. The van der Waals surface area contributed by atoms with Gasteiger partial charge in [-0.2, -0.15) is 0 Å². The molecule has 0 bridgehead atoms. The molecule has 2 N–H and O–H groups in total. The van der Waals surface area contributed by atoms with E-state index >= 15 is 0 Å². The fourth-order valence-electron chi connectivity index (χ4n) is 4.10. The summed E-state index contributed by atoms with van der Waals surface area (Å²) in [6.07, 6.45) is 0.689. The van der Waals surface area contributed by atoms with Gasteiger partial charge in [-0.25, -0.2) is 4.79 Å². The van der Waals surface area contributed by atoms with Crippen molar-refractivity contribution in [3.05, 3.63) is 45.8 Å². The Morgan fingerprint density at radius 2 is 1.97 bits per heavy atom. The van der Waals surface area contributed by atoms with E-state index in [0.717, 1.165) is 21.1 Å². The molecule has 1 aromatic heterocycles. The fraction of sp³-hybridized carbons (Fsp3) is 0.478. The number of hydrogen-bond acceptors (Lipinski definition) is 6. The van der Waals surface area contributed by atoms with E-state index in [2.05, 4.69) is 45.3 Å². The van der Waals surface area contributed by atoms with Gasteiger partial charge >= 0.3 is 5.97 Å². The number of carbonyl (C=O) groups is 2. The van der Waals surface area contributed by atoms with Crippen molar-refractivity contribution < 1.29 is 14.3 Å². The minimum absolute atomic E-state index is 0.175. The number of rotatable bonds is 6. The van der Waals surface area contributed by atoms with Gasteiger partial charge in [0.1, 0.15) is 5.00 Å². The Balaban J connectivity index is 2.02. The van der Waals surface area contributed by atoms with E-state index in [9.17, 15) is 9.59 Å². The standard InChI is InChI=1S/C23H30N2O3S2/c1-7-28-21(27)17-16-13-22(3,4)25-23(5,6)18(16)30-20(17)24-19(26)14-10-9-11-15(12-14)29-8-2/h9-12,25H,7-8,13H2,1-6H3,(H,24,26). The molecule has 30 heavy (non-hydrogen) atoms. The summed E-state index contributed by atoms with van der Waals surface area (Å²) in [5.41, 5.74) is 1.55. The third-order valence-corrected chi connectivity index (χ3v) is 7.31. The van der Waals surface area contributed by atoms with Crippen LogP contribution in [0.25, 0.3) is 0 Å². The molecule has 1 aromatic carbocycles. The second-order valence-electron chi connectivity index (χ2n) is 8.56. The van der Waals surface area contributed by atoms with Gasteiger partial charge in [-0.1, -0.05) is 13.0 Å². The highest BCUT2D eigenvalue weighted by atomic mass is 32.2. The van der Waals surface area contributed by atoms with Crippen LogP contribution < -0.4 is 10.6 Å². The quantitative estimate of drug-likeness (QED) is 0.456. The molecule has 5 nitrogen and oxygen atoms in total. The van der Waals surface area contributed by atoms with E-state index < -0.39 is 0 Å². The van der Waals surface area contributed by atoms with E-state index in [1.807, 2.05) is 18.2 Å². The SMILES string of the molecule is CCOC(=O)c1c(NC(=O)c2cccc(SCC)c2)sc2c1CC(C)(C)NC2(C)C. The number of nitrogens with one attached hydrogen (secondary N) is 2. The molecular formula is C23H30N2O3S2. The smallest absolute Gasteiger partial charge is 0.341 e. The summed E-state index contributed by atoms with van der Waals surface area (Å²) in [5.74, 6) is 0.338. The summed E-state index contributed by atoms with van der Waals surface area (Å²) in [6, 6.07) is 7.56. The molecule has 1 aliphatic rings. The highest BCUT2D eigenvalue weighted by molar-refractivity contribution is 7.99. The second kappa shape index (κ2) is 8.73. The van der Waals surface area contributed by atoms with Crippen molar-refractivity contribution in [1.29, 1.82) is 0 Å². The van der Waals surface area contributed by atoms with Crippen molar-refractivity contribution in [3.63, 3.8) is 0 Å². The Hall–Kier alpha value is -1.83. The van der Waals surface area contributed by atoms with E-state index in [-0.39, 0.29) is 29.6 Å². The van der Waals surface area contributed by atoms with E-state index in [1.165, 1.54) is 11.3 Å². The molecule has 0 fully saturated rings. The van der Waals surface area contributed by atoms with Crippen molar-refractivity contribution in [2.45, 2.75) is 63.9 Å². The fourth-order valence-corrected chi connectivity index (χ4v) is 6.08. The first kappa shape index (κ1) is 22.8. The molecule has 1 aliphatic heterocycles. The summed E-state index contributed by atoms with van der Waals surface area (Å²) < 4.78 is 5.36. The number of thioether (sulfide) groups is 1. The Morgan fingerprint density at radius 3 is 2.63 bits per heavy atom. The summed E-state index contributed by atoms with van der Waals surface area (Å²) in [4.78, 5) is 28.0. The van der Waals surface area contributed by atoms with Gasteiger partial charge < -0.3 is 15.4 Å². The van der Waals surface area contributed by atoms with Crippen LogP contribution in [-0.2, 0) is 16.7 Å². The number of carbonyl (C=O) groups excluding carboxylic acids is 2. The van der Waals surface area contributed by atoms with Crippen molar-refractivity contribution >= 4 is 40.0 Å². The molecule has 0 saturated heterocycles. The van der Waals surface area contributed by atoms with Gasteiger partial charge in [0.05, 0.1) is 12.2 Å². The van der Waals surface area contributed by atoms with Gasteiger partial charge in [-0.3, -0.25) is 4.79 Å². The molecular weight excluding hydrogens is 416 g/mol. The lowest BCUT2D eigenvalue weighted by Crippen LogP contribution is -2.55. The maximum atomic E-state index is 13.0. The second-order valence-corrected chi connectivity index (χ2v) is 10.9. The van der Waals surface area contributed by atoms with Crippen LogP contribution in [0.15, 0.2) is 29.2 Å². The number of benzene rings is 1. The lowest BCUT2D eigenvalue weighted by atomic mass is 9.81. The molecule has 0 aliphatic carbocycles. The van der Waals surface area contributed by atoms with Gasteiger partial charge in [0.15, 0.2) is 0 Å². The van der Waals surface area contributed by atoms with E-state index in [0.29, 0.717) is 22.5 Å². The molecule has 2 heterocycles. The van der Waals surface area contributed by atoms with Crippen LogP contribution in [0.4, 0.5) is 5.00 Å². The van der Waals surface area contributed by atoms with Crippen LogP contribution >= 0.6 is 23.1 Å². The summed E-state index contributed by atoms with van der Waals surface area (Å²) in [6.45, 7) is 12.6. The highest BCUT2D eigenvalue weighted by Gasteiger charge is 2.42. The predicted molar refractivity (Wildman–Crippen MR) is 125 cm³/mol. The number of fused-ring (bicyclic) bond motifs is 1.